The Morgan fingerprint density at radius 3 is 2.50 bits per heavy atom. The van der Waals surface area contributed by atoms with E-state index >= 15 is 0 Å². The van der Waals surface area contributed by atoms with Crippen molar-refractivity contribution < 1.29 is 8.42 Å². The first-order valence-corrected chi connectivity index (χ1v) is 7.58. The number of aryl methyl sites for hydroxylation is 2. The summed E-state index contributed by atoms with van der Waals surface area (Å²) in [6.07, 6.45) is 1.40. The van der Waals surface area contributed by atoms with Gasteiger partial charge in [-0.1, -0.05) is 23.7 Å². The number of hydrazone groups is 1. The summed E-state index contributed by atoms with van der Waals surface area (Å²) in [5.41, 5.74) is 1.60. The largest absolute Gasteiger partial charge is 0.281 e. The van der Waals surface area contributed by atoms with Crippen LogP contribution >= 0.6 is 11.6 Å². The third-order valence-electron chi connectivity index (χ3n) is 2.59. The predicted octanol–water partition coefficient (Wildman–Crippen LogP) is 1.99. The molecule has 0 aliphatic heterocycles. The molecule has 0 saturated heterocycles. The van der Waals surface area contributed by atoms with Crippen LogP contribution in [0.15, 0.2) is 34.3 Å². The number of benzene rings is 1. The van der Waals surface area contributed by atoms with Gasteiger partial charge in [0, 0.05) is 5.02 Å². The van der Waals surface area contributed by atoms with E-state index in [0.29, 0.717) is 16.4 Å². The molecule has 0 aliphatic rings. The van der Waals surface area contributed by atoms with Crippen molar-refractivity contribution in [3.63, 3.8) is 0 Å². The zero-order valence-electron chi connectivity index (χ0n) is 10.9. The third kappa shape index (κ3) is 3.17. The molecule has 6 nitrogen and oxygen atoms in total. The molecule has 0 spiro atoms. The number of rotatable bonds is 4. The van der Waals surface area contributed by atoms with Gasteiger partial charge in [-0.25, -0.2) is 0 Å². The average molecular weight is 313 g/mol. The van der Waals surface area contributed by atoms with Crippen molar-refractivity contribution in [1.29, 1.82) is 0 Å². The number of aromatic amines is 1. The summed E-state index contributed by atoms with van der Waals surface area (Å²) in [5.74, 6) is 0. The van der Waals surface area contributed by atoms with E-state index in [0.717, 1.165) is 5.56 Å². The predicted molar refractivity (Wildman–Crippen MR) is 77.4 cm³/mol. The summed E-state index contributed by atoms with van der Waals surface area (Å²) in [7, 11) is -3.72. The molecule has 106 valence electrons. The molecule has 0 aliphatic carbocycles. The number of hydrogen-bond donors (Lipinski definition) is 2. The van der Waals surface area contributed by atoms with Gasteiger partial charge in [-0.3, -0.25) is 5.10 Å². The van der Waals surface area contributed by atoms with Crippen LogP contribution in [0, 0.1) is 13.8 Å². The number of hydrogen-bond acceptors (Lipinski definition) is 4. The minimum Gasteiger partial charge on any atom is -0.281 e. The highest BCUT2D eigenvalue weighted by atomic mass is 35.5. The summed E-state index contributed by atoms with van der Waals surface area (Å²) in [6.45, 7) is 3.25. The number of H-pyrrole nitrogens is 1. The molecule has 0 atom stereocenters. The lowest BCUT2D eigenvalue weighted by Crippen LogP contribution is -2.19. The van der Waals surface area contributed by atoms with Crippen molar-refractivity contribution in [1.82, 2.24) is 15.0 Å². The Morgan fingerprint density at radius 1 is 1.30 bits per heavy atom. The Bertz CT molecular complexity index is 716. The van der Waals surface area contributed by atoms with Crippen LogP contribution in [0.1, 0.15) is 17.0 Å². The van der Waals surface area contributed by atoms with Gasteiger partial charge in [-0.15, -0.1) is 0 Å². The zero-order valence-corrected chi connectivity index (χ0v) is 12.5. The monoisotopic (exact) mass is 312 g/mol. The highest BCUT2D eigenvalue weighted by Gasteiger charge is 2.21. The normalized spacial score (nSPS) is 11.9. The Balaban J connectivity index is 2.16. The molecular formula is C12H13ClN4O2S. The topological polar surface area (TPSA) is 87.2 Å². The van der Waals surface area contributed by atoms with Crippen LogP contribution in [0.2, 0.25) is 5.02 Å². The highest BCUT2D eigenvalue weighted by Crippen LogP contribution is 2.16. The highest BCUT2D eigenvalue weighted by molar-refractivity contribution is 7.89. The van der Waals surface area contributed by atoms with Crippen molar-refractivity contribution in [3.05, 3.63) is 46.2 Å². The minimum atomic E-state index is -3.72. The second-order valence-corrected chi connectivity index (χ2v) is 6.20. The van der Waals surface area contributed by atoms with E-state index in [2.05, 4.69) is 20.1 Å². The second-order valence-electron chi connectivity index (χ2n) is 4.17. The number of halogens is 1. The number of aromatic nitrogens is 2. The van der Waals surface area contributed by atoms with Crippen LogP contribution < -0.4 is 4.83 Å². The molecule has 0 fully saturated rings. The zero-order chi connectivity index (χ0) is 14.8. The molecule has 2 rings (SSSR count). The molecule has 1 aromatic carbocycles. The maximum absolute atomic E-state index is 12.1. The molecule has 0 bridgehead atoms. The quantitative estimate of drug-likeness (QED) is 0.668. The molecule has 20 heavy (non-hydrogen) atoms. The Hall–Kier alpha value is -1.86. The smallest absolute Gasteiger partial charge is 0.280 e. The molecule has 1 aromatic heterocycles. The van der Waals surface area contributed by atoms with Crippen molar-refractivity contribution in [3.8, 4) is 0 Å². The standard InChI is InChI=1S/C12H13ClN4O2S/c1-8-12(9(2)16-15-8)20(18,19)17-14-7-10-3-5-11(13)6-4-10/h3-7,17H,1-2H3,(H,15,16)/b14-7+. The van der Waals surface area contributed by atoms with Crippen LogP contribution in [0.25, 0.3) is 0 Å². The van der Waals surface area contributed by atoms with Gasteiger partial charge in [0.1, 0.15) is 4.90 Å². The maximum atomic E-state index is 12.1. The molecular weight excluding hydrogens is 300 g/mol. The van der Waals surface area contributed by atoms with Crippen molar-refractivity contribution >= 4 is 27.8 Å². The van der Waals surface area contributed by atoms with Gasteiger partial charge in [-0.05, 0) is 31.5 Å². The Labute approximate surface area is 121 Å². The van der Waals surface area contributed by atoms with Gasteiger partial charge in [0.05, 0.1) is 17.6 Å². The molecule has 0 radical (unpaired) electrons. The van der Waals surface area contributed by atoms with Crippen molar-refractivity contribution in [2.75, 3.05) is 0 Å². The molecule has 2 aromatic rings. The van der Waals surface area contributed by atoms with Gasteiger partial charge in [0.25, 0.3) is 10.0 Å². The molecule has 0 unspecified atom stereocenters. The van der Waals surface area contributed by atoms with E-state index < -0.39 is 10.0 Å². The van der Waals surface area contributed by atoms with Gasteiger partial charge < -0.3 is 0 Å². The lowest BCUT2D eigenvalue weighted by atomic mass is 10.2. The molecule has 0 saturated carbocycles. The summed E-state index contributed by atoms with van der Waals surface area (Å²) in [4.78, 5) is 2.27. The average Bonchev–Trinajstić information content (AvgIpc) is 2.72. The van der Waals surface area contributed by atoms with Crippen LogP contribution in [-0.4, -0.2) is 24.8 Å². The van der Waals surface area contributed by atoms with E-state index in [4.69, 9.17) is 11.6 Å². The van der Waals surface area contributed by atoms with E-state index in [1.54, 1.807) is 38.1 Å². The lowest BCUT2D eigenvalue weighted by molar-refractivity contribution is 0.583. The van der Waals surface area contributed by atoms with E-state index in [1.807, 2.05) is 0 Å². The van der Waals surface area contributed by atoms with Crippen molar-refractivity contribution in [2.45, 2.75) is 18.7 Å². The fraction of sp³-hybridized carbons (Fsp3) is 0.167. The van der Waals surface area contributed by atoms with Gasteiger partial charge in [0.2, 0.25) is 0 Å². The molecule has 0 amide bonds. The first-order valence-electron chi connectivity index (χ1n) is 5.72. The van der Waals surface area contributed by atoms with Crippen molar-refractivity contribution in [2.24, 2.45) is 5.10 Å². The Morgan fingerprint density at radius 2 is 1.95 bits per heavy atom. The SMILES string of the molecule is Cc1n[nH]c(C)c1S(=O)(=O)N/N=C/c1ccc(Cl)cc1. The fourth-order valence-corrected chi connectivity index (χ4v) is 2.99. The fourth-order valence-electron chi connectivity index (χ4n) is 1.70. The first-order chi connectivity index (χ1) is 9.40. The van der Waals surface area contributed by atoms with Crippen LogP contribution in [0.5, 0.6) is 0 Å². The summed E-state index contributed by atoms with van der Waals surface area (Å²) < 4.78 is 24.1. The summed E-state index contributed by atoms with van der Waals surface area (Å²) in [5, 5.41) is 10.8. The first kappa shape index (κ1) is 14.5. The van der Waals surface area contributed by atoms with Gasteiger partial charge in [-0.2, -0.15) is 23.4 Å². The molecule has 8 heteroatoms. The molecule has 1 heterocycles. The Kier molecular flexibility index (Phi) is 4.10. The number of sulfonamides is 1. The second kappa shape index (κ2) is 5.64. The van der Waals surface area contributed by atoms with Crippen LogP contribution in [0.4, 0.5) is 0 Å². The van der Waals surface area contributed by atoms with E-state index in [1.165, 1.54) is 6.21 Å². The summed E-state index contributed by atoms with van der Waals surface area (Å²) >= 11 is 5.75. The van der Waals surface area contributed by atoms with E-state index in [9.17, 15) is 8.42 Å². The van der Waals surface area contributed by atoms with Gasteiger partial charge >= 0.3 is 0 Å². The van der Waals surface area contributed by atoms with Crippen LogP contribution in [-0.2, 0) is 10.0 Å². The third-order valence-corrected chi connectivity index (χ3v) is 4.32. The van der Waals surface area contributed by atoms with E-state index in [-0.39, 0.29) is 4.90 Å². The maximum Gasteiger partial charge on any atom is 0.280 e. The lowest BCUT2D eigenvalue weighted by Gasteiger charge is -2.02. The summed E-state index contributed by atoms with van der Waals surface area (Å²) in [6, 6.07) is 6.85. The number of nitrogens with zero attached hydrogens (tertiary/aromatic N) is 2. The minimum absolute atomic E-state index is 0.116. The van der Waals surface area contributed by atoms with Crippen LogP contribution in [0.3, 0.4) is 0 Å². The molecule has 2 N–H and O–H groups in total. The van der Waals surface area contributed by atoms with Gasteiger partial charge in [0.15, 0.2) is 0 Å². The number of nitrogens with one attached hydrogen (secondary N) is 2.